The Bertz CT molecular complexity index is 1230. The Hall–Kier alpha value is -3.15. The van der Waals surface area contributed by atoms with Gasteiger partial charge >= 0.3 is 0 Å². The number of hydrogen-bond acceptors (Lipinski definition) is 8. The molecule has 0 unspecified atom stereocenters. The third kappa shape index (κ3) is 5.01. The number of hydrazone groups is 1. The van der Waals surface area contributed by atoms with Gasteiger partial charge in [0.25, 0.3) is 5.69 Å². The summed E-state index contributed by atoms with van der Waals surface area (Å²) in [6.07, 6.45) is 4.35. The second-order valence-electron chi connectivity index (χ2n) is 7.25. The van der Waals surface area contributed by atoms with Gasteiger partial charge in [0, 0.05) is 41.7 Å². The minimum absolute atomic E-state index is 0.00349. The zero-order valence-electron chi connectivity index (χ0n) is 17.0. The molecule has 1 saturated heterocycles. The zero-order chi connectivity index (χ0) is 22.6. The monoisotopic (exact) mass is 471 g/mol. The van der Waals surface area contributed by atoms with Gasteiger partial charge in [0.2, 0.25) is 15.2 Å². The van der Waals surface area contributed by atoms with Crippen LogP contribution in [0.5, 0.6) is 0 Å². The number of sulfonamides is 1. The molecule has 0 radical (unpaired) electrons. The highest BCUT2D eigenvalue weighted by Crippen LogP contribution is 2.27. The van der Waals surface area contributed by atoms with Crippen LogP contribution in [-0.4, -0.2) is 41.9 Å². The molecular weight excluding hydrogens is 450 g/mol. The fraction of sp³-hybridized carbons (Fsp3) is 0.238. The van der Waals surface area contributed by atoms with Crippen molar-refractivity contribution in [3.8, 4) is 11.3 Å². The minimum atomic E-state index is -3.46. The predicted molar refractivity (Wildman–Crippen MR) is 124 cm³/mol. The molecule has 32 heavy (non-hydrogen) atoms. The maximum atomic E-state index is 12.8. The molecule has 2 aromatic carbocycles. The summed E-state index contributed by atoms with van der Waals surface area (Å²) in [7, 11) is -3.46. The Balaban J connectivity index is 1.42. The molecule has 1 aliphatic heterocycles. The summed E-state index contributed by atoms with van der Waals surface area (Å²) < 4.78 is 27.1. The van der Waals surface area contributed by atoms with Gasteiger partial charge in [-0.25, -0.2) is 13.4 Å². The van der Waals surface area contributed by atoms with E-state index in [0.29, 0.717) is 34.4 Å². The molecule has 2 heterocycles. The molecule has 4 rings (SSSR count). The molecule has 0 bridgehead atoms. The number of benzene rings is 2. The van der Waals surface area contributed by atoms with Gasteiger partial charge in [-0.2, -0.15) is 9.41 Å². The Kier molecular flexibility index (Phi) is 6.58. The molecule has 1 fully saturated rings. The maximum Gasteiger partial charge on any atom is 0.270 e. The summed E-state index contributed by atoms with van der Waals surface area (Å²) in [5.41, 5.74) is 4.90. The van der Waals surface area contributed by atoms with Gasteiger partial charge < -0.3 is 0 Å². The number of aromatic nitrogens is 1. The fourth-order valence-corrected chi connectivity index (χ4v) is 5.58. The SMILES string of the molecule is O=[N+]([O-])c1cccc(/C=N/Nc2nc(-c3ccc(S(=O)(=O)N4CCCCC4)cc3)cs2)c1. The number of thiazole rings is 1. The number of non-ortho nitro benzene ring substituents is 1. The first-order valence-corrected chi connectivity index (χ1v) is 12.3. The lowest BCUT2D eigenvalue weighted by Gasteiger charge is -2.25. The molecule has 1 aliphatic rings. The smallest absolute Gasteiger partial charge is 0.258 e. The van der Waals surface area contributed by atoms with Crippen LogP contribution in [-0.2, 0) is 10.0 Å². The highest BCUT2D eigenvalue weighted by molar-refractivity contribution is 7.89. The summed E-state index contributed by atoms with van der Waals surface area (Å²) in [6, 6.07) is 12.9. The normalized spacial score (nSPS) is 15.1. The summed E-state index contributed by atoms with van der Waals surface area (Å²) in [5.74, 6) is 0. The highest BCUT2D eigenvalue weighted by atomic mass is 32.2. The van der Waals surface area contributed by atoms with Crippen molar-refractivity contribution in [3.05, 3.63) is 69.6 Å². The van der Waals surface area contributed by atoms with E-state index in [4.69, 9.17) is 0 Å². The van der Waals surface area contributed by atoms with Crippen LogP contribution in [0.15, 0.2) is 63.9 Å². The molecule has 0 spiro atoms. The third-order valence-corrected chi connectivity index (χ3v) is 7.72. The third-order valence-electron chi connectivity index (χ3n) is 5.06. The van der Waals surface area contributed by atoms with Gasteiger partial charge in [-0.05, 0) is 25.0 Å². The lowest BCUT2D eigenvalue weighted by atomic mass is 10.2. The van der Waals surface area contributed by atoms with E-state index in [-0.39, 0.29) is 5.69 Å². The Morgan fingerprint density at radius 1 is 1.12 bits per heavy atom. The van der Waals surface area contributed by atoms with E-state index in [0.717, 1.165) is 24.8 Å². The molecule has 9 nitrogen and oxygen atoms in total. The standard InChI is InChI=1S/C21H21N5O4S2/c27-26(28)18-6-4-5-16(13-18)14-22-24-21-23-20(15-31-21)17-7-9-19(10-8-17)32(29,30)25-11-2-1-3-12-25/h4-10,13-15H,1-3,11-12H2,(H,23,24)/b22-14+. The van der Waals surface area contributed by atoms with E-state index in [1.165, 1.54) is 29.7 Å². The molecule has 11 heteroatoms. The summed E-state index contributed by atoms with van der Waals surface area (Å²) in [6.45, 7) is 1.14. The molecule has 0 amide bonds. The molecule has 166 valence electrons. The van der Waals surface area contributed by atoms with Crippen molar-refractivity contribution in [2.75, 3.05) is 18.5 Å². The van der Waals surface area contributed by atoms with Crippen LogP contribution in [0.4, 0.5) is 10.8 Å². The van der Waals surface area contributed by atoms with Gasteiger partial charge in [-0.15, -0.1) is 11.3 Å². The lowest BCUT2D eigenvalue weighted by Crippen LogP contribution is -2.35. The number of rotatable bonds is 7. The summed E-state index contributed by atoms with van der Waals surface area (Å²) in [4.78, 5) is 15.1. The topological polar surface area (TPSA) is 118 Å². The van der Waals surface area contributed by atoms with E-state index < -0.39 is 14.9 Å². The van der Waals surface area contributed by atoms with E-state index in [9.17, 15) is 18.5 Å². The number of hydrogen-bond donors (Lipinski definition) is 1. The van der Waals surface area contributed by atoms with Crippen LogP contribution in [0.25, 0.3) is 11.3 Å². The van der Waals surface area contributed by atoms with Gasteiger partial charge in [0.1, 0.15) is 0 Å². The number of anilines is 1. The van der Waals surface area contributed by atoms with Gasteiger partial charge in [0.05, 0.1) is 21.7 Å². The van der Waals surface area contributed by atoms with Crippen LogP contribution < -0.4 is 5.43 Å². The van der Waals surface area contributed by atoms with Crippen molar-refractivity contribution < 1.29 is 13.3 Å². The Labute approximate surface area is 189 Å². The van der Waals surface area contributed by atoms with E-state index in [1.807, 2.05) is 5.38 Å². The number of piperidine rings is 1. The van der Waals surface area contributed by atoms with E-state index in [2.05, 4.69) is 15.5 Å². The molecule has 1 N–H and O–H groups in total. The van der Waals surface area contributed by atoms with Crippen LogP contribution in [0.3, 0.4) is 0 Å². The van der Waals surface area contributed by atoms with Crippen molar-refractivity contribution in [2.45, 2.75) is 24.2 Å². The van der Waals surface area contributed by atoms with Crippen molar-refractivity contribution >= 4 is 38.4 Å². The summed E-state index contributed by atoms with van der Waals surface area (Å²) in [5, 5.41) is 17.3. The quantitative estimate of drug-likeness (QED) is 0.311. The number of nitrogens with zero attached hydrogens (tertiary/aromatic N) is 4. The first-order chi connectivity index (χ1) is 15.4. The Morgan fingerprint density at radius 3 is 2.59 bits per heavy atom. The summed E-state index contributed by atoms with van der Waals surface area (Å²) >= 11 is 1.35. The fourth-order valence-electron chi connectivity index (χ4n) is 3.39. The van der Waals surface area contributed by atoms with Crippen LogP contribution >= 0.6 is 11.3 Å². The van der Waals surface area contributed by atoms with Crippen LogP contribution in [0.1, 0.15) is 24.8 Å². The second-order valence-corrected chi connectivity index (χ2v) is 10.0. The van der Waals surface area contributed by atoms with Crippen molar-refractivity contribution in [3.63, 3.8) is 0 Å². The number of nitro groups is 1. The lowest BCUT2D eigenvalue weighted by molar-refractivity contribution is -0.384. The maximum absolute atomic E-state index is 12.8. The molecule has 1 aromatic heterocycles. The molecule has 0 aliphatic carbocycles. The second kappa shape index (κ2) is 9.55. The average molecular weight is 472 g/mol. The first kappa shape index (κ1) is 22.1. The predicted octanol–water partition coefficient (Wildman–Crippen LogP) is 4.34. The zero-order valence-corrected chi connectivity index (χ0v) is 18.7. The number of nitro benzene ring substituents is 1. The van der Waals surface area contributed by atoms with Crippen molar-refractivity contribution in [1.82, 2.24) is 9.29 Å². The van der Waals surface area contributed by atoms with Crippen LogP contribution in [0, 0.1) is 10.1 Å². The highest BCUT2D eigenvalue weighted by Gasteiger charge is 2.25. The van der Waals surface area contributed by atoms with E-state index >= 15 is 0 Å². The first-order valence-electron chi connectivity index (χ1n) is 10.0. The minimum Gasteiger partial charge on any atom is -0.258 e. The molecule has 0 saturated carbocycles. The van der Waals surface area contributed by atoms with Crippen molar-refractivity contribution in [2.24, 2.45) is 5.10 Å². The van der Waals surface area contributed by atoms with Gasteiger partial charge in [-0.3, -0.25) is 15.5 Å². The Morgan fingerprint density at radius 2 is 1.88 bits per heavy atom. The van der Waals surface area contributed by atoms with Crippen LogP contribution in [0.2, 0.25) is 0 Å². The van der Waals surface area contributed by atoms with Crippen molar-refractivity contribution in [1.29, 1.82) is 0 Å². The largest absolute Gasteiger partial charge is 0.270 e. The van der Waals surface area contributed by atoms with Gasteiger partial charge in [0.15, 0.2) is 0 Å². The molecular formula is C21H21N5O4S2. The molecule has 0 atom stereocenters. The van der Waals surface area contributed by atoms with E-state index in [1.54, 1.807) is 40.7 Å². The van der Waals surface area contributed by atoms with Gasteiger partial charge in [-0.1, -0.05) is 30.7 Å². The average Bonchev–Trinajstić information content (AvgIpc) is 3.29. The molecule has 3 aromatic rings. The number of nitrogens with one attached hydrogen (secondary N) is 1.